The number of hydrogen-bond acceptors (Lipinski definition) is 6. The fraction of sp³-hybridized carbons (Fsp3) is 0.600. The number of hydrogen-bond donors (Lipinski definition) is 3. The van der Waals surface area contributed by atoms with Crippen molar-refractivity contribution in [1.82, 2.24) is 9.97 Å². The molecule has 0 fully saturated rings. The zero-order chi connectivity index (χ0) is 14.5. The molecular weight excluding hydrogens is 265 g/mol. The van der Waals surface area contributed by atoms with Crippen LogP contribution in [-0.2, 0) is 10.9 Å². The number of nitrogen functional groups attached to an aromatic ring is 1. The van der Waals surface area contributed by atoms with E-state index >= 15 is 0 Å². The molecule has 9 heteroatoms. The van der Waals surface area contributed by atoms with Crippen LogP contribution in [-0.4, -0.2) is 41.4 Å². The van der Waals surface area contributed by atoms with Gasteiger partial charge in [-0.2, -0.15) is 13.2 Å². The van der Waals surface area contributed by atoms with Gasteiger partial charge in [-0.1, -0.05) is 0 Å². The summed E-state index contributed by atoms with van der Waals surface area (Å²) in [5.41, 5.74) is 5.27. The Balaban J connectivity index is 2.61. The number of nitrogens with zero attached hydrogens (tertiary/aromatic N) is 2. The molecule has 0 saturated carbocycles. The van der Waals surface area contributed by atoms with E-state index < -0.39 is 18.1 Å². The first kappa shape index (κ1) is 15.4. The Kier molecular flexibility index (Phi) is 5.31. The van der Waals surface area contributed by atoms with Crippen molar-refractivity contribution in [3.8, 4) is 0 Å². The zero-order valence-electron chi connectivity index (χ0n) is 10.2. The van der Waals surface area contributed by atoms with Crippen LogP contribution in [0.3, 0.4) is 0 Å². The Labute approximate surface area is 107 Å². The molecule has 0 aliphatic rings. The van der Waals surface area contributed by atoms with Crippen LogP contribution < -0.4 is 11.1 Å². The summed E-state index contributed by atoms with van der Waals surface area (Å²) in [6.07, 6.45) is -5.04. The molecule has 108 valence electrons. The number of methoxy groups -OCH3 is 1. The average molecular weight is 280 g/mol. The molecule has 1 aromatic rings. The first-order valence-electron chi connectivity index (χ1n) is 5.45. The summed E-state index contributed by atoms with van der Waals surface area (Å²) >= 11 is 0. The second-order valence-electron chi connectivity index (χ2n) is 3.82. The molecule has 6 nitrogen and oxygen atoms in total. The molecule has 0 aromatic carbocycles. The van der Waals surface area contributed by atoms with Crippen LogP contribution >= 0.6 is 0 Å². The number of anilines is 2. The number of alkyl halides is 3. The van der Waals surface area contributed by atoms with E-state index in [2.05, 4.69) is 15.3 Å². The van der Waals surface area contributed by atoms with Gasteiger partial charge in [-0.15, -0.1) is 0 Å². The summed E-state index contributed by atoms with van der Waals surface area (Å²) < 4.78 is 42.0. The summed E-state index contributed by atoms with van der Waals surface area (Å²) in [6.45, 7) is 0.389. The molecule has 0 bridgehead atoms. The largest absolute Gasteiger partial charge is 0.451 e. The number of aliphatic hydroxyl groups excluding tert-OH is 1. The van der Waals surface area contributed by atoms with Crippen LogP contribution in [0.25, 0.3) is 0 Å². The minimum atomic E-state index is -4.65. The van der Waals surface area contributed by atoms with Gasteiger partial charge in [0.25, 0.3) is 0 Å². The normalized spacial score (nSPS) is 13.3. The van der Waals surface area contributed by atoms with Gasteiger partial charge in [-0.3, -0.25) is 0 Å². The topological polar surface area (TPSA) is 93.3 Å². The Morgan fingerprint density at radius 3 is 2.74 bits per heavy atom. The lowest BCUT2D eigenvalue weighted by atomic mass is 10.2. The number of halogens is 3. The molecule has 0 aliphatic heterocycles. The minimum absolute atomic E-state index is 0.0376. The van der Waals surface area contributed by atoms with Crippen molar-refractivity contribution < 1.29 is 23.0 Å². The van der Waals surface area contributed by atoms with E-state index in [0.29, 0.717) is 6.42 Å². The van der Waals surface area contributed by atoms with E-state index in [1.54, 1.807) is 0 Å². The van der Waals surface area contributed by atoms with Crippen molar-refractivity contribution in [1.29, 1.82) is 0 Å². The van der Waals surface area contributed by atoms with Crippen LogP contribution in [0.15, 0.2) is 6.07 Å². The number of nitrogens with one attached hydrogen (secondary N) is 1. The monoisotopic (exact) mass is 280 g/mol. The standard InChI is InChI=1S/C10H15F3N4O2/c1-19-5-6(18)2-3-15-8-4-7(14)16-9(17-8)10(11,12)13/h4,6,18H,2-3,5H2,1H3,(H3,14,15,16,17). The van der Waals surface area contributed by atoms with Gasteiger partial charge in [0.1, 0.15) is 11.6 Å². The number of nitrogens with two attached hydrogens (primary N) is 1. The number of aliphatic hydroxyl groups is 1. The van der Waals surface area contributed by atoms with Gasteiger partial charge < -0.3 is 20.9 Å². The third-order valence-electron chi connectivity index (χ3n) is 2.14. The second kappa shape index (κ2) is 6.53. The molecule has 1 aromatic heterocycles. The quantitative estimate of drug-likeness (QED) is 0.716. The summed E-state index contributed by atoms with van der Waals surface area (Å²) in [6, 6.07) is 1.19. The average Bonchev–Trinajstić information content (AvgIpc) is 2.27. The number of aromatic nitrogens is 2. The van der Waals surface area contributed by atoms with Crippen LogP contribution in [0.2, 0.25) is 0 Å². The third-order valence-corrected chi connectivity index (χ3v) is 2.14. The minimum Gasteiger partial charge on any atom is -0.391 e. The van der Waals surface area contributed by atoms with E-state index in [1.807, 2.05) is 0 Å². The van der Waals surface area contributed by atoms with E-state index in [9.17, 15) is 18.3 Å². The van der Waals surface area contributed by atoms with Gasteiger partial charge in [0, 0.05) is 19.7 Å². The predicted octanol–water partition coefficient (Wildman–Crippen LogP) is 0.887. The van der Waals surface area contributed by atoms with Gasteiger partial charge >= 0.3 is 6.18 Å². The van der Waals surface area contributed by atoms with Crippen molar-refractivity contribution in [2.45, 2.75) is 18.7 Å². The van der Waals surface area contributed by atoms with Crippen LogP contribution in [0.1, 0.15) is 12.2 Å². The predicted molar refractivity (Wildman–Crippen MR) is 62.4 cm³/mol. The highest BCUT2D eigenvalue weighted by Crippen LogP contribution is 2.27. The van der Waals surface area contributed by atoms with E-state index in [0.717, 1.165) is 0 Å². The second-order valence-corrected chi connectivity index (χ2v) is 3.82. The molecule has 1 atom stereocenters. The molecule has 0 radical (unpaired) electrons. The lowest BCUT2D eigenvalue weighted by Crippen LogP contribution is -2.19. The molecule has 0 spiro atoms. The van der Waals surface area contributed by atoms with Crippen LogP contribution in [0, 0.1) is 0 Å². The van der Waals surface area contributed by atoms with Crippen LogP contribution in [0.4, 0.5) is 24.8 Å². The highest BCUT2D eigenvalue weighted by Gasteiger charge is 2.35. The fourth-order valence-electron chi connectivity index (χ4n) is 1.33. The molecular formula is C10H15F3N4O2. The van der Waals surface area contributed by atoms with E-state index in [1.165, 1.54) is 13.2 Å². The summed E-state index contributed by atoms with van der Waals surface area (Å²) in [5.74, 6) is -1.61. The Morgan fingerprint density at radius 1 is 1.47 bits per heavy atom. The molecule has 0 aliphatic carbocycles. The van der Waals surface area contributed by atoms with E-state index in [4.69, 9.17) is 10.5 Å². The molecule has 0 amide bonds. The lowest BCUT2D eigenvalue weighted by molar-refractivity contribution is -0.144. The SMILES string of the molecule is COCC(O)CCNc1cc(N)nc(C(F)(F)F)n1. The fourth-order valence-corrected chi connectivity index (χ4v) is 1.33. The van der Waals surface area contributed by atoms with Gasteiger partial charge in [0.2, 0.25) is 5.82 Å². The molecule has 0 saturated heterocycles. The molecule has 1 heterocycles. The summed E-state index contributed by atoms with van der Waals surface area (Å²) in [4.78, 5) is 6.42. The zero-order valence-corrected chi connectivity index (χ0v) is 10.2. The maximum Gasteiger partial charge on any atom is 0.451 e. The first-order valence-corrected chi connectivity index (χ1v) is 5.45. The molecule has 19 heavy (non-hydrogen) atoms. The Bertz CT molecular complexity index is 414. The van der Waals surface area contributed by atoms with Crippen molar-refractivity contribution in [3.05, 3.63) is 11.9 Å². The first-order chi connectivity index (χ1) is 8.82. The number of rotatable bonds is 6. The molecule has 1 rings (SSSR count). The van der Waals surface area contributed by atoms with Crippen molar-refractivity contribution in [2.75, 3.05) is 31.3 Å². The lowest BCUT2D eigenvalue weighted by Gasteiger charge is -2.12. The Morgan fingerprint density at radius 2 is 2.16 bits per heavy atom. The molecule has 4 N–H and O–H groups in total. The molecule has 1 unspecified atom stereocenters. The smallest absolute Gasteiger partial charge is 0.391 e. The van der Waals surface area contributed by atoms with Gasteiger partial charge in [-0.05, 0) is 6.42 Å². The third kappa shape index (κ3) is 5.26. The van der Waals surface area contributed by atoms with Gasteiger partial charge in [0.15, 0.2) is 0 Å². The summed E-state index contributed by atoms with van der Waals surface area (Å²) in [5, 5.41) is 12.0. The van der Waals surface area contributed by atoms with E-state index in [-0.39, 0.29) is 24.8 Å². The maximum atomic E-state index is 12.4. The van der Waals surface area contributed by atoms with Crippen LogP contribution in [0.5, 0.6) is 0 Å². The Hall–Kier alpha value is -1.61. The van der Waals surface area contributed by atoms with Gasteiger partial charge in [-0.25, -0.2) is 9.97 Å². The highest BCUT2D eigenvalue weighted by molar-refractivity contribution is 5.44. The maximum absolute atomic E-state index is 12.4. The number of ether oxygens (including phenoxy) is 1. The van der Waals surface area contributed by atoms with Gasteiger partial charge in [0.05, 0.1) is 12.7 Å². The van der Waals surface area contributed by atoms with Crippen molar-refractivity contribution >= 4 is 11.6 Å². The summed E-state index contributed by atoms with van der Waals surface area (Å²) in [7, 11) is 1.44. The highest BCUT2D eigenvalue weighted by atomic mass is 19.4. The van der Waals surface area contributed by atoms with Crippen molar-refractivity contribution in [2.24, 2.45) is 0 Å². The van der Waals surface area contributed by atoms with Crippen molar-refractivity contribution in [3.63, 3.8) is 0 Å².